The predicted molar refractivity (Wildman–Crippen MR) is 138 cm³/mol. The molecule has 0 saturated carbocycles. The molecule has 0 radical (unpaired) electrons. The van der Waals surface area contributed by atoms with Crippen molar-refractivity contribution in [2.75, 3.05) is 45.9 Å². The minimum atomic E-state index is 0.0580. The Morgan fingerprint density at radius 3 is 2.74 bits per heavy atom. The molecule has 0 spiro atoms. The zero-order chi connectivity index (χ0) is 23.6. The number of likely N-dealkylation sites (tertiary alicyclic amines) is 1. The lowest BCUT2D eigenvalue weighted by molar-refractivity contribution is 0.0297. The van der Waals surface area contributed by atoms with Crippen molar-refractivity contribution in [3.63, 3.8) is 0 Å². The predicted octanol–water partition coefficient (Wildman–Crippen LogP) is 4.16. The molecule has 0 bridgehead atoms. The highest BCUT2D eigenvalue weighted by atomic mass is 32.2. The molecule has 184 valence electrons. The zero-order valence-corrected chi connectivity index (χ0v) is 21.0. The van der Waals surface area contributed by atoms with Gasteiger partial charge in [-0.1, -0.05) is 18.2 Å². The first-order chi connectivity index (χ1) is 17.3. The Bertz CT molecular complexity index is 1170. The average Bonchev–Trinajstić information content (AvgIpc) is 3.57. The zero-order valence-electron chi connectivity index (χ0n) is 20.1. The number of hydrogen-bond acceptors (Lipinski definition) is 5. The van der Waals surface area contributed by atoms with Crippen LogP contribution in [0.4, 0.5) is 0 Å². The second-order valence-corrected chi connectivity index (χ2v) is 10.7. The van der Waals surface area contributed by atoms with Crippen LogP contribution in [0, 0.1) is 0 Å². The van der Waals surface area contributed by atoms with E-state index in [1.807, 2.05) is 16.7 Å². The first kappa shape index (κ1) is 22.9. The van der Waals surface area contributed by atoms with Crippen molar-refractivity contribution >= 4 is 17.7 Å². The number of aromatic nitrogens is 3. The van der Waals surface area contributed by atoms with E-state index in [0.29, 0.717) is 32.0 Å². The monoisotopic (exact) mass is 491 g/mol. The second-order valence-electron chi connectivity index (χ2n) is 9.68. The summed E-state index contributed by atoms with van der Waals surface area (Å²) < 4.78 is 9.96. The largest absolute Gasteiger partial charge is 0.378 e. The summed E-state index contributed by atoms with van der Waals surface area (Å²) in [5.74, 6) is 0.855. The number of carbonyl (C=O) groups excluding carboxylic acids is 1. The lowest BCUT2D eigenvalue weighted by Crippen LogP contribution is -2.41. The number of aryl methyl sites for hydroxylation is 1. The van der Waals surface area contributed by atoms with E-state index in [1.54, 1.807) is 0 Å². The summed E-state index contributed by atoms with van der Waals surface area (Å²) in [5.41, 5.74) is 4.13. The lowest BCUT2D eigenvalue weighted by Gasteiger charge is -2.34. The van der Waals surface area contributed by atoms with Gasteiger partial charge in [0.25, 0.3) is 5.91 Å². The van der Waals surface area contributed by atoms with Gasteiger partial charge in [0, 0.05) is 60.3 Å². The highest BCUT2D eigenvalue weighted by molar-refractivity contribution is 7.98. The summed E-state index contributed by atoms with van der Waals surface area (Å²) in [5, 5.41) is 5.09. The van der Waals surface area contributed by atoms with Crippen molar-refractivity contribution in [2.45, 2.75) is 42.5 Å². The Kier molecular flexibility index (Phi) is 6.67. The van der Waals surface area contributed by atoms with Crippen LogP contribution in [0.2, 0.25) is 0 Å². The van der Waals surface area contributed by atoms with Gasteiger partial charge in [-0.3, -0.25) is 9.48 Å². The normalized spacial score (nSPS) is 20.5. The van der Waals surface area contributed by atoms with Crippen LogP contribution in [0.15, 0.2) is 53.7 Å². The molecule has 1 amide bonds. The van der Waals surface area contributed by atoms with Crippen molar-refractivity contribution in [3.05, 3.63) is 60.0 Å². The van der Waals surface area contributed by atoms with Gasteiger partial charge in [0.2, 0.25) is 0 Å². The van der Waals surface area contributed by atoms with E-state index in [0.717, 1.165) is 62.5 Å². The van der Waals surface area contributed by atoms with Crippen LogP contribution in [0.5, 0.6) is 0 Å². The molecule has 1 aromatic carbocycles. The van der Waals surface area contributed by atoms with E-state index in [-0.39, 0.29) is 11.9 Å². The molecule has 35 heavy (non-hydrogen) atoms. The smallest absolute Gasteiger partial charge is 0.274 e. The van der Waals surface area contributed by atoms with E-state index >= 15 is 0 Å². The summed E-state index contributed by atoms with van der Waals surface area (Å²) in [6.45, 7) is 6.75. The van der Waals surface area contributed by atoms with Crippen molar-refractivity contribution in [1.82, 2.24) is 24.1 Å². The van der Waals surface area contributed by atoms with Gasteiger partial charge >= 0.3 is 0 Å². The number of piperidine rings is 1. The van der Waals surface area contributed by atoms with Crippen molar-refractivity contribution < 1.29 is 9.53 Å². The van der Waals surface area contributed by atoms with Gasteiger partial charge in [-0.25, -0.2) is 0 Å². The van der Waals surface area contributed by atoms with Gasteiger partial charge in [-0.15, -0.1) is 11.8 Å². The van der Waals surface area contributed by atoms with Crippen LogP contribution in [0.3, 0.4) is 0 Å². The van der Waals surface area contributed by atoms with Crippen LogP contribution < -0.4 is 0 Å². The number of fused-ring (bicyclic) bond motifs is 3. The molecule has 0 aliphatic carbocycles. The van der Waals surface area contributed by atoms with Crippen LogP contribution in [0.25, 0.3) is 11.3 Å². The summed E-state index contributed by atoms with van der Waals surface area (Å²) in [6, 6.07) is 13.0. The van der Waals surface area contributed by atoms with Crippen molar-refractivity contribution in [1.29, 1.82) is 0 Å². The molecule has 0 N–H and O–H groups in total. The number of amides is 1. The van der Waals surface area contributed by atoms with Crippen molar-refractivity contribution in [2.24, 2.45) is 0 Å². The first-order valence-electron chi connectivity index (χ1n) is 12.8. The first-order valence-corrected chi connectivity index (χ1v) is 13.8. The number of carbonyl (C=O) groups is 1. The summed E-state index contributed by atoms with van der Waals surface area (Å²) >= 11 is 1.82. The number of morpholine rings is 1. The van der Waals surface area contributed by atoms with Gasteiger partial charge in [0.05, 0.1) is 24.9 Å². The molecule has 2 saturated heterocycles. The molecule has 1 atom stereocenters. The second kappa shape index (κ2) is 10.2. The minimum Gasteiger partial charge on any atom is -0.378 e. The van der Waals surface area contributed by atoms with E-state index in [1.165, 1.54) is 10.5 Å². The average molecular weight is 492 g/mol. The number of nitrogens with zero attached hydrogens (tertiary/aromatic N) is 5. The highest BCUT2D eigenvalue weighted by Gasteiger charge is 2.34. The maximum atomic E-state index is 13.6. The molecular weight excluding hydrogens is 458 g/mol. The number of ether oxygens (including phenoxy) is 1. The molecule has 7 nitrogen and oxygen atoms in total. The van der Waals surface area contributed by atoms with Gasteiger partial charge in [0.1, 0.15) is 0 Å². The third kappa shape index (κ3) is 4.67. The van der Waals surface area contributed by atoms with E-state index in [4.69, 9.17) is 9.84 Å². The van der Waals surface area contributed by atoms with Crippen molar-refractivity contribution in [3.8, 4) is 11.3 Å². The Hall–Kier alpha value is -2.55. The highest BCUT2D eigenvalue weighted by Crippen LogP contribution is 2.44. The molecule has 2 aromatic heterocycles. The summed E-state index contributed by atoms with van der Waals surface area (Å²) in [6.07, 6.45) is 7.67. The van der Waals surface area contributed by atoms with E-state index in [2.05, 4.69) is 62.9 Å². The number of rotatable bonds is 6. The van der Waals surface area contributed by atoms with E-state index in [9.17, 15) is 4.79 Å². The number of hydrogen-bond donors (Lipinski definition) is 0. The van der Waals surface area contributed by atoms with Crippen LogP contribution >= 0.6 is 11.8 Å². The van der Waals surface area contributed by atoms with Gasteiger partial charge in [0.15, 0.2) is 5.69 Å². The van der Waals surface area contributed by atoms with Gasteiger partial charge in [-0.05, 0) is 50.6 Å². The minimum absolute atomic E-state index is 0.0580. The fraction of sp³-hybridized carbons (Fsp3) is 0.481. The maximum absolute atomic E-state index is 13.6. The molecule has 1 unspecified atom stereocenters. The SMILES string of the molecule is O=C(c1nn(C2CCCN(CCCn3cccc3)C2)c2c1CSc1ccccc1-2)N1CCOCC1. The fourth-order valence-corrected chi connectivity index (χ4v) is 6.68. The Morgan fingerprint density at radius 2 is 1.89 bits per heavy atom. The lowest BCUT2D eigenvalue weighted by atomic mass is 10.0. The molecule has 6 rings (SSSR count). The van der Waals surface area contributed by atoms with Gasteiger partial charge in [-0.2, -0.15) is 5.10 Å². The van der Waals surface area contributed by atoms with Crippen LogP contribution in [-0.4, -0.2) is 76.0 Å². The molecule has 5 heterocycles. The molecular formula is C27H33N5O2S. The Labute approximate surface area is 211 Å². The number of thioether (sulfide) groups is 1. The molecule has 2 fully saturated rings. The molecule has 3 aliphatic heterocycles. The maximum Gasteiger partial charge on any atom is 0.274 e. The fourth-order valence-electron chi connectivity index (χ4n) is 5.61. The van der Waals surface area contributed by atoms with E-state index < -0.39 is 0 Å². The molecule has 3 aromatic rings. The summed E-state index contributed by atoms with van der Waals surface area (Å²) in [7, 11) is 0. The third-order valence-corrected chi connectivity index (χ3v) is 8.51. The quantitative estimate of drug-likeness (QED) is 0.518. The Balaban J connectivity index is 1.28. The van der Waals surface area contributed by atoms with Crippen LogP contribution in [0.1, 0.15) is 41.4 Å². The molecule has 8 heteroatoms. The third-order valence-electron chi connectivity index (χ3n) is 7.41. The standard InChI is InChI=1S/C27H33N5O2S/c33-27(31-15-17-34-18-16-31)25-23-20-35-24-9-2-1-8-22(24)26(23)32(28-25)21-7-5-12-30(19-21)14-6-13-29-10-3-4-11-29/h1-4,8-11,21H,5-7,12-20H2. The molecule has 3 aliphatic rings. The summed E-state index contributed by atoms with van der Waals surface area (Å²) in [4.78, 5) is 19.3. The van der Waals surface area contributed by atoms with Gasteiger partial charge < -0.3 is 19.1 Å². The number of benzene rings is 1. The van der Waals surface area contributed by atoms with Crippen LogP contribution in [-0.2, 0) is 17.0 Å². The Morgan fingerprint density at radius 1 is 1.06 bits per heavy atom. The topological polar surface area (TPSA) is 55.5 Å².